The Labute approximate surface area is 316 Å². The van der Waals surface area contributed by atoms with Crippen molar-refractivity contribution in [1.82, 2.24) is 14.8 Å². The number of aliphatic carboxylic acids is 1. The average Bonchev–Trinajstić information content (AvgIpc) is 3.14. The number of carboxylic acids is 1. The normalized spacial score (nSPS) is 19.2. The number of carboxylic acid groups (broad SMARTS) is 1. The maximum absolute atomic E-state index is 12.8. The molecule has 3 N–H and O–H groups in total. The van der Waals surface area contributed by atoms with Crippen LogP contribution in [0.1, 0.15) is 75.3 Å². The van der Waals surface area contributed by atoms with Gasteiger partial charge in [0.05, 0.1) is 12.2 Å². The zero-order valence-electron chi connectivity index (χ0n) is 30.8. The monoisotopic (exact) mass is 770 g/mol. The Morgan fingerprint density at radius 1 is 0.709 bits per heavy atom. The highest BCUT2D eigenvalue weighted by Gasteiger charge is 2.60. The van der Waals surface area contributed by atoms with Gasteiger partial charge >= 0.3 is 18.3 Å². The number of carbonyl (C=O) groups excluding carboxylic acids is 1. The minimum absolute atomic E-state index is 0.136. The van der Waals surface area contributed by atoms with Crippen LogP contribution in [0.25, 0.3) is 32.8 Å². The number of rotatable bonds is 8. The molecule has 1 amide bonds. The van der Waals surface area contributed by atoms with Gasteiger partial charge in [-0.05, 0) is 110 Å². The average molecular weight is 771 g/mol. The van der Waals surface area contributed by atoms with Crippen molar-refractivity contribution in [1.29, 1.82) is 0 Å². The molecule has 1 saturated carbocycles. The molecule has 1 aliphatic carbocycles. The summed E-state index contributed by atoms with van der Waals surface area (Å²) in [5.41, 5.74) is 7.25. The molecule has 2 aliphatic heterocycles. The molecular formula is C42H48F6N4O3. The number of likely N-dealkylation sites (tertiary alicyclic amines) is 2. The highest BCUT2D eigenvalue weighted by atomic mass is 19.4. The molecule has 2 saturated heterocycles. The molecule has 296 valence electrons. The van der Waals surface area contributed by atoms with Crippen LogP contribution in [-0.4, -0.2) is 76.8 Å². The predicted molar refractivity (Wildman–Crippen MR) is 200 cm³/mol. The quantitative estimate of drug-likeness (QED) is 0.173. The Bertz CT molecular complexity index is 1970. The van der Waals surface area contributed by atoms with Gasteiger partial charge in [0, 0.05) is 30.1 Å². The highest BCUT2D eigenvalue weighted by molar-refractivity contribution is 6.05. The number of halogens is 6. The number of nitrogens with zero attached hydrogens (tertiary/aromatic N) is 3. The number of aromatic nitrogens is 1. The van der Waals surface area contributed by atoms with Crippen LogP contribution in [0.15, 0.2) is 66.9 Å². The fourth-order valence-corrected chi connectivity index (χ4v) is 8.91. The standard InChI is InChI=1S/C33H36N2O2.C9H12F6N2O/c36-31(37)14-13-24-7-4-10-28-26(24)9-6-12-30(28)32-29-11-5-8-25(27(29)15-20-34-32)23-35-21-18-33(19-22-35)16-2-1-3-17-33;10-8(11,12)5-17-3-1-7(2-4-17,6(16)18)9(13,14)15/h4-12,15,20H,1-3,13-14,16-19,21-23H2,(H,36,37);1-5H2,(H2,16,18). The summed E-state index contributed by atoms with van der Waals surface area (Å²) in [6.45, 7) is 1.21. The molecular weight excluding hydrogens is 722 g/mol. The zero-order chi connectivity index (χ0) is 39.4. The number of nitrogens with two attached hydrogens (primary N) is 1. The van der Waals surface area contributed by atoms with Crippen molar-refractivity contribution >= 4 is 33.4 Å². The molecule has 3 aromatic carbocycles. The summed E-state index contributed by atoms with van der Waals surface area (Å²) in [5, 5.41) is 13.9. The van der Waals surface area contributed by atoms with Gasteiger partial charge in [-0.3, -0.25) is 24.4 Å². The van der Waals surface area contributed by atoms with Crippen molar-refractivity contribution in [3.8, 4) is 11.3 Å². The number of hydrogen-bond donors (Lipinski definition) is 2. The van der Waals surface area contributed by atoms with Crippen LogP contribution in [0.3, 0.4) is 0 Å². The number of pyridine rings is 1. The van der Waals surface area contributed by atoms with Gasteiger partial charge in [0.25, 0.3) is 0 Å². The Morgan fingerprint density at radius 2 is 1.29 bits per heavy atom. The van der Waals surface area contributed by atoms with E-state index in [9.17, 15) is 41.0 Å². The first kappa shape index (κ1) is 40.4. The van der Waals surface area contributed by atoms with Crippen molar-refractivity contribution in [3.05, 3.63) is 78.0 Å². The number of hydrogen-bond acceptors (Lipinski definition) is 5. The van der Waals surface area contributed by atoms with E-state index in [0.717, 1.165) is 39.0 Å². The summed E-state index contributed by atoms with van der Waals surface area (Å²) in [4.78, 5) is 30.5. The molecule has 3 fully saturated rings. The predicted octanol–water partition coefficient (Wildman–Crippen LogP) is 9.30. The van der Waals surface area contributed by atoms with Crippen molar-refractivity contribution in [3.63, 3.8) is 0 Å². The van der Waals surface area contributed by atoms with Crippen LogP contribution < -0.4 is 5.73 Å². The molecule has 7 rings (SSSR count). The largest absolute Gasteiger partial charge is 0.481 e. The molecule has 7 nitrogen and oxygen atoms in total. The summed E-state index contributed by atoms with van der Waals surface area (Å²) < 4.78 is 74.5. The number of fused-ring (bicyclic) bond motifs is 2. The second-order valence-corrected chi connectivity index (χ2v) is 15.6. The minimum atomic E-state index is -4.83. The van der Waals surface area contributed by atoms with Gasteiger partial charge in [0.2, 0.25) is 5.91 Å². The maximum Gasteiger partial charge on any atom is 0.403 e. The Kier molecular flexibility index (Phi) is 12.1. The summed E-state index contributed by atoms with van der Waals surface area (Å²) in [5.74, 6) is -2.29. The third-order valence-electron chi connectivity index (χ3n) is 12.1. The lowest BCUT2D eigenvalue weighted by Gasteiger charge is -2.44. The molecule has 3 aliphatic rings. The number of benzene rings is 3. The van der Waals surface area contributed by atoms with Crippen LogP contribution in [0.2, 0.25) is 0 Å². The summed E-state index contributed by atoms with van der Waals surface area (Å²) in [6.07, 6.45) is 1.70. The van der Waals surface area contributed by atoms with E-state index in [1.807, 2.05) is 18.3 Å². The molecule has 1 aromatic heterocycles. The van der Waals surface area contributed by atoms with Gasteiger partial charge in [0.15, 0.2) is 0 Å². The summed E-state index contributed by atoms with van der Waals surface area (Å²) in [6, 6.07) is 21.4. The third-order valence-corrected chi connectivity index (χ3v) is 12.1. The fourth-order valence-electron chi connectivity index (χ4n) is 8.91. The lowest BCUT2D eigenvalue weighted by atomic mass is 9.68. The van der Waals surface area contributed by atoms with Crippen LogP contribution in [-0.2, 0) is 22.6 Å². The molecule has 55 heavy (non-hydrogen) atoms. The van der Waals surface area contributed by atoms with Crippen molar-refractivity contribution < 1.29 is 41.0 Å². The lowest BCUT2D eigenvalue weighted by Crippen LogP contribution is -2.56. The number of carbonyl (C=O) groups is 2. The van der Waals surface area contributed by atoms with E-state index >= 15 is 0 Å². The van der Waals surface area contributed by atoms with Gasteiger partial charge in [0.1, 0.15) is 5.41 Å². The number of piperidine rings is 2. The molecule has 0 bridgehead atoms. The molecule has 3 heterocycles. The first-order valence-corrected chi connectivity index (χ1v) is 19.1. The molecule has 0 atom stereocenters. The van der Waals surface area contributed by atoms with E-state index in [1.165, 1.54) is 74.4 Å². The maximum atomic E-state index is 12.8. The van der Waals surface area contributed by atoms with E-state index in [0.29, 0.717) is 11.8 Å². The van der Waals surface area contributed by atoms with Gasteiger partial charge in [-0.25, -0.2) is 0 Å². The van der Waals surface area contributed by atoms with Crippen LogP contribution in [0.5, 0.6) is 0 Å². The van der Waals surface area contributed by atoms with E-state index in [4.69, 9.17) is 10.7 Å². The number of alkyl halides is 6. The van der Waals surface area contributed by atoms with E-state index < -0.39 is 62.1 Å². The van der Waals surface area contributed by atoms with E-state index in [1.54, 1.807) is 0 Å². The van der Waals surface area contributed by atoms with E-state index in [2.05, 4.69) is 53.4 Å². The Balaban J connectivity index is 0.000000242. The van der Waals surface area contributed by atoms with Gasteiger partial charge in [-0.1, -0.05) is 73.9 Å². The van der Waals surface area contributed by atoms with Crippen LogP contribution in [0.4, 0.5) is 26.3 Å². The number of primary amides is 1. The first-order valence-electron chi connectivity index (χ1n) is 19.1. The second kappa shape index (κ2) is 16.5. The van der Waals surface area contributed by atoms with Crippen molar-refractivity contribution in [2.24, 2.45) is 16.6 Å². The SMILES string of the molecule is NC(=O)C1(C(F)(F)F)CCN(CC(F)(F)F)CC1.O=C(O)CCc1cccc2c(-c3nccc4c(CN5CCC6(CCCCC6)CC5)cccc34)cccc12. The van der Waals surface area contributed by atoms with Crippen LogP contribution in [0, 0.1) is 10.8 Å². The number of aryl methyl sites for hydroxylation is 1. The second-order valence-electron chi connectivity index (χ2n) is 15.6. The first-order chi connectivity index (χ1) is 26.1. The van der Waals surface area contributed by atoms with Gasteiger partial charge in [-0.15, -0.1) is 0 Å². The Morgan fingerprint density at radius 3 is 1.91 bits per heavy atom. The third kappa shape index (κ3) is 9.26. The highest BCUT2D eigenvalue weighted by Crippen LogP contribution is 2.47. The smallest absolute Gasteiger partial charge is 0.403 e. The van der Waals surface area contributed by atoms with Crippen molar-refractivity contribution in [2.45, 2.75) is 89.5 Å². The molecule has 13 heteroatoms. The fraction of sp³-hybridized carbons (Fsp3) is 0.500. The lowest BCUT2D eigenvalue weighted by molar-refractivity contribution is -0.234. The topological polar surface area (TPSA) is 99.8 Å². The zero-order valence-corrected chi connectivity index (χ0v) is 30.8. The summed E-state index contributed by atoms with van der Waals surface area (Å²) >= 11 is 0. The Hall–Kier alpha value is -4.23. The summed E-state index contributed by atoms with van der Waals surface area (Å²) in [7, 11) is 0. The molecule has 0 radical (unpaired) electrons. The minimum Gasteiger partial charge on any atom is -0.481 e. The van der Waals surface area contributed by atoms with E-state index in [-0.39, 0.29) is 6.42 Å². The molecule has 0 unspecified atom stereocenters. The van der Waals surface area contributed by atoms with Crippen LogP contribution >= 0.6 is 0 Å². The molecule has 4 aromatic rings. The van der Waals surface area contributed by atoms with Gasteiger partial charge < -0.3 is 10.8 Å². The molecule has 1 spiro atoms. The van der Waals surface area contributed by atoms with Gasteiger partial charge in [-0.2, -0.15) is 26.3 Å². The number of amides is 1. The van der Waals surface area contributed by atoms with Crippen molar-refractivity contribution in [2.75, 3.05) is 32.7 Å².